The number of likely N-dealkylation sites (N-methyl/N-ethyl adjacent to an activating group) is 1. The van der Waals surface area contributed by atoms with E-state index in [9.17, 15) is 9.59 Å². The van der Waals surface area contributed by atoms with Crippen molar-refractivity contribution in [3.63, 3.8) is 0 Å². The predicted molar refractivity (Wildman–Crippen MR) is 55.4 cm³/mol. The van der Waals surface area contributed by atoms with Gasteiger partial charge in [-0.2, -0.15) is 0 Å². The van der Waals surface area contributed by atoms with Gasteiger partial charge in [0.05, 0.1) is 13.5 Å². The molecule has 0 aliphatic carbocycles. The maximum atomic E-state index is 11.7. The fourth-order valence-electron chi connectivity index (χ4n) is 1.11. The zero-order valence-electron chi connectivity index (χ0n) is 9.78. The Kier molecular flexibility index (Phi) is 6.70. The maximum Gasteiger partial charge on any atom is 0.307 e. The van der Waals surface area contributed by atoms with Crippen LogP contribution >= 0.6 is 0 Å². The van der Waals surface area contributed by atoms with Crippen LogP contribution in [0.25, 0.3) is 0 Å². The number of nitrogens with zero attached hydrogens (tertiary/aromatic N) is 1. The number of rotatable bonds is 6. The second kappa shape index (κ2) is 7.23. The number of carbonyl (C=O) groups excluding carboxylic acids is 2. The molecule has 5 heteroatoms. The summed E-state index contributed by atoms with van der Waals surface area (Å²) in [5, 5.41) is 0. The van der Waals surface area contributed by atoms with Crippen molar-refractivity contribution in [1.82, 2.24) is 4.90 Å². The molecule has 0 fully saturated rings. The van der Waals surface area contributed by atoms with Crippen LogP contribution in [0.3, 0.4) is 0 Å². The van der Waals surface area contributed by atoms with Gasteiger partial charge >= 0.3 is 5.97 Å². The minimum atomic E-state index is -0.470. The van der Waals surface area contributed by atoms with Crippen LogP contribution in [-0.4, -0.2) is 50.2 Å². The number of hydrogen-bond acceptors (Lipinski definition) is 4. The van der Waals surface area contributed by atoms with Crippen molar-refractivity contribution in [2.75, 3.05) is 27.3 Å². The Balaban J connectivity index is 4.12. The molecule has 0 heterocycles. The highest BCUT2D eigenvalue weighted by atomic mass is 16.5. The number of methoxy groups -OCH3 is 2. The summed E-state index contributed by atoms with van der Waals surface area (Å²) in [7, 11) is 2.81. The Morgan fingerprint density at radius 3 is 2.33 bits per heavy atom. The van der Waals surface area contributed by atoms with Gasteiger partial charge in [0.2, 0.25) is 0 Å². The van der Waals surface area contributed by atoms with Gasteiger partial charge in [0.1, 0.15) is 6.10 Å². The van der Waals surface area contributed by atoms with Crippen LogP contribution in [0.1, 0.15) is 20.3 Å². The lowest BCUT2D eigenvalue weighted by atomic mass is 10.3. The van der Waals surface area contributed by atoms with Crippen LogP contribution in [0.5, 0.6) is 0 Å². The first-order chi connectivity index (χ1) is 7.06. The fraction of sp³-hybridized carbons (Fsp3) is 0.800. The molecule has 1 atom stereocenters. The quantitative estimate of drug-likeness (QED) is 0.605. The third-order valence-electron chi connectivity index (χ3n) is 2.21. The van der Waals surface area contributed by atoms with Gasteiger partial charge in [-0.1, -0.05) is 0 Å². The molecule has 0 aromatic heterocycles. The van der Waals surface area contributed by atoms with E-state index in [0.717, 1.165) is 0 Å². The molecule has 1 unspecified atom stereocenters. The van der Waals surface area contributed by atoms with Gasteiger partial charge in [0.25, 0.3) is 5.91 Å². The topological polar surface area (TPSA) is 55.8 Å². The van der Waals surface area contributed by atoms with Gasteiger partial charge in [-0.25, -0.2) is 0 Å². The summed E-state index contributed by atoms with van der Waals surface area (Å²) in [6.45, 7) is 4.47. The molecule has 5 nitrogen and oxygen atoms in total. The van der Waals surface area contributed by atoms with Crippen molar-refractivity contribution >= 4 is 11.9 Å². The lowest BCUT2D eigenvalue weighted by Crippen LogP contribution is -2.39. The number of amides is 1. The summed E-state index contributed by atoms with van der Waals surface area (Å²) in [6.07, 6.45) is -0.255. The first kappa shape index (κ1) is 13.9. The highest BCUT2D eigenvalue weighted by molar-refractivity contribution is 5.81. The first-order valence-corrected chi connectivity index (χ1v) is 4.95. The zero-order valence-corrected chi connectivity index (χ0v) is 9.78. The van der Waals surface area contributed by atoms with E-state index in [1.807, 2.05) is 6.92 Å². The molecule has 0 bridgehead atoms. The summed E-state index contributed by atoms with van der Waals surface area (Å²) in [4.78, 5) is 24.1. The molecule has 0 N–H and O–H groups in total. The highest BCUT2D eigenvalue weighted by Crippen LogP contribution is 2.00. The molecule has 0 rings (SSSR count). The lowest BCUT2D eigenvalue weighted by Gasteiger charge is -2.23. The molecular formula is C10H19NO4. The van der Waals surface area contributed by atoms with Gasteiger partial charge in [-0.3, -0.25) is 9.59 Å². The van der Waals surface area contributed by atoms with Gasteiger partial charge < -0.3 is 14.4 Å². The van der Waals surface area contributed by atoms with E-state index in [2.05, 4.69) is 4.74 Å². The smallest absolute Gasteiger partial charge is 0.307 e. The minimum Gasteiger partial charge on any atom is -0.469 e. The fourth-order valence-corrected chi connectivity index (χ4v) is 1.11. The number of esters is 1. The average Bonchev–Trinajstić information content (AvgIpc) is 2.27. The Morgan fingerprint density at radius 1 is 1.33 bits per heavy atom. The molecule has 0 aliphatic heterocycles. The second-order valence-corrected chi connectivity index (χ2v) is 3.12. The minimum absolute atomic E-state index is 0.107. The molecule has 88 valence electrons. The van der Waals surface area contributed by atoms with Crippen LogP contribution in [-0.2, 0) is 19.1 Å². The first-order valence-electron chi connectivity index (χ1n) is 4.95. The molecule has 15 heavy (non-hydrogen) atoms. The maximum absolute atomic E-state index is 11.7. The number of ether oxygens (including phenoxy) is 2. The molecule has 0 aromatic rings. The third-order valence-corrected chi connectivity index (χ3v) is 2.21. The molecular weight excluding hydrogens is 198 g/mol. The van der Waals surface area contributed by atoms with Crippen LogP contribution in [0, 0.1) is 0 Å². The summed E-state index contributed by atoms with van der Waals surface area (Å²) < 4.78 is 9.42. The molecule has 0 aromatic carbocycles. The lowest BCUT2D eigenvalue weighted by molar-refractivity contribution is -0.144. The standard InChI is InChI=1S/C10H19NO4/c1-5-11(7-6-9(12)15-4)10(13)8(2)14-3/h8H,5-7H2,1-4H3. The van der Waals surface area contributed by atoms with Gasteiger partial charge in [0, 0.05) is 20.2 Å². The van der Waals surface area contributed by atoms with E-state index >= 15 is 0 Å². The molecule has 0 aliphatic rings. The van der Waals surface area contributed by atoms with E-state index in [0.29, 0.717) is 13.1 Å². The number of hydrogen-bond donors (Lipinski definition) is 0. The van der Waals surface area contributed by atoms with E-state index in [1.54, 1.807) is 11.8 Å². The summed E-state index contributed by atoms with van der Waals surface area (Å²) in [5.74, 6) is -0.421. The molecule has 0 saturated heterocycles. The highest BCUT2D eigenvalue weighted by Gasteiger charge is 2.19. The molecule has 1 amide bonds. The largest absolute Gasteiger partial charge is 0.469 e. The van der Waals surface area contributed by atoms with E-state index < -0.39 is 6.10 Å². The van der Waals surface area contributed by atoms with Crippen molar-refractivity contribution in [3.05, 3.63) is 0 Å². The molecule has 0 saturated carbocycles. The van der Waals surface area contributed by atoms with Crippen LogP contribution in [0.4, 0.5) is 0 Å². The van der Waals surface area contributed by atoms with Gasteiger partial charge in [-0.05, 0) is 13.8 Å². The molecule has 0 radical (unpaired) electrons. The summed E-state index contributed by atoms with van der Waals surface area (Å²) in [6, 6.07) is 0. The van der Waals surface area contributed by atoms with Gasteiger partial charge in [-0.15, -0.1) is 0 Å². The monoisotopic (exact) mass is 217 g/mol. The van der Waals surface area contributed by atoms with Crippen molar-refractivity contribution in [1.29, 1.82) is 0 Å². The van der Waals surface area contributed by atoms with Gasteiger partial charge in [0.15, 0.2) is 0 Å². The van der Waals surface area contributed by atoms with Crippen molar-refractivity contribution < 1.29 is 19.1 Å². The van der Waals surface area contributed by atoms with Crippen molar-refractivity contribution in [2.24, 2.45) is 0 Å². The van der Waals surface area contributed by atoms with Crippen LogP contribution in [0.2, 0.25) is 0 Å². The average molecular weight is 217 g/mol. The second-order valence-electron chi connectivity index (χ2n) is 3.12. The zero-order chi connectivity index (χ0) is 11.8. The third kappa shape index (κ3) is 4.78. The number of carbonyl (C=O) groups is 2. The molecule has 0 spiro atoms. The van der Waals surface area contributed by atoms with E-state index in [1.165, 1.54) is 14.2 Å². The Labute approximate surface area is 90.3 Å². The Hall–Kier alpha value is -1.10. The van der Waals surface area contributed by atoms with Crippen LogP contribution < -0.4 is 0 Å². The summed E-state index contributed by atoms with van der Waals surface area (Å²) >= 11 is 0. The normalized spacial score (nSPS) is 12.0. The Morgan fingerprint density at radius 2 is 1.93 bits per heavy atom. The SMILES string of the molecule is CCN(CCC(=O)OC)C(=O)C(C)OC. The Bertz CT molecular complexity index is 217. The van der Waals surface area contributed by atoms with E-state index in [4.69, 9.17) is 4.74 Å². The van der Waals surface area contributed by atoms with Crippen molar-refractivity contribution in [3.8, 4) is 0 Å². The van der Waals surface area contributed by atoms with Crippen molar-refractivity contribution in [2.45, 2.75) is 26.4 Å². The predicted octanol–water partition coefficient (Wildman–Crippen LogP) is 0.433. The van der Waals surface area contributed by atoms with Crippen LogP contribution in [0.15, 0.2) is 0 Å². The summed E-state index contributed by atoms with van der Waals surface area (Å²) in [5.41, 5.74) is 0. The van der Waals surface area contributed by atoms with E-state index in [-0.39, 0.29) is 18.3 Å².